The predicted octanol–water partition coefficient (Wildman–Crippen LogP) is 1.69. The fourth-order valence-electron chi connectivity index (χ4n) is 1.90. The highest BCUT2D eigenvalue weighted by molar-refractivity contribution is 5.76. The van der Waals surface area contributed by atoms with Gasteiger partial charge in [0.15, 0.2) is 0 Å². The molecule has 0 aliphatic rings. The molecule has 1 aromatic rings. The smallest absolute Gasteiger partial charge is 0.303 e. The average molecular weight is 278 g/mol. The summed E-state index contributed by atoms with van der Waals surface area (Å²) in [6, 6.07) is 9.49. The van der Waals surface area contributed by atoms with E-state index in [0.29, 0.717) is 19.4 Å². The Hall–Kier alpha value is -1.88. The van der Waals surface area contributed by atoms with Crippen LogP contribution in [0.3, 0.4) is 0 Å². The number of carboxylic acids is 1. The number of carbonyl (C=O) groups excluding carboxylic acids is 1. The molecule has 0 fully saturated rings. The number of hydrogen-bond donors (Lipinski definition) is 3. The van der Waals surface area contributed by atoms with Gasteiger partial charge in [0.25, 0.3) is 0 Å². The number of rotatable bonds is 8. The molecule has 1 amide bonds. The van der Waals surface area contributed by atoms with Crippen molar-refractivity contribution >= 4 is 11.9 Å². The van der Waals surface area contributed by atoms with Crippen LogP contribution in [0.5, 0.6) is 0 Å². The van der Waals surface area contributed by atoms with Crippen LogP contribution in [0.25, 0.3) is 0 Å². The van der Waals surface area contributed by atoms with Crippen LogP contribution in [0.1, 0.15) is 37.8 Å². The van der Waals surface area contributed by atoms with Crippen LogP contribution in [-0.4, -0.2) is 23.5 Å². The number of carboxylic acid groups (broad SMARTS) is 1. The Morgan fingerprint density at radius 1 is 1.30 bits per heavy atom. The SMILES string of the molecule is CC(CNC(=O)CCC(N)c1ccccc1)CC(=O)O. The normalized spacial score (nSPS) is 13.5. The molecule has 0 saturated heterocycles. The highest BCUT2D eigenvalue weighted by atomic mass is 16.4. The maximum Gasteiger partial charge on any atom is 0.303 e. The molecule has 0 spiro atoms. The predicted molar refractivity (Wildman–Crippen MR) is 77.0 cm³/mol. The third-order valence-electron chi connectivity index (χ3n) is 3.08. The van der Waals surface area contributed by atoms with Crippen LogP contribution < -0.4 is 11.1 Å². The van der Waals surface area contributed by atoms with Crippen LogP contribution in [0.2, 0.25) is 0 Å². The summed E-state index contributed by atoms with van der Waals surface area (Å²) in [6.07, 6.45) is 0.975. The molecule has 0 heterocycles. The standard InChI is InChI=1S/C15H22N2O3/c1-11(9-15(19)20)10-17-14(18)8-7-13(16)12-5-3-2-4-6-12/h2-6,11,13H,7-10,16H2,1H3,(H,17,18)(H,19,20). The van der Waals surface area contributed by atoms with Crippen LogP contribution in [0.15, 0.2) is 30.3 Å². The lowest BCUT2D eigenvalue weighted by Gasteiger charge is -2.13. The van der Waals surface area contributed by atoms with E-state index < -0.39 is 5.97 Å². The van der Waals surface area contributed by atoms with Crippen molar-refractivity contribution in [2.75, 3.05) is 6.54 Å². The molecule has 4 N–H and O–H groups in total. The Bertz CT molecular complexity index is 434. The van der Waals surface area contributed by atoms with Crippen molar-refractivity contribution in [1.82, 2.24) is 5.32 Å². The van der Waals surface area contributed by atoms with Crippen LogP contribution in [-0.2, 0) is 9.59 Å². The summed E-state index contributed by atoms with van der Waals surface area (Å²) >= 11 is 0. The van der Waals surface area contributed by atoms with Gasteiger partial charge in [-0.1, -0.05) is 37.3 Å². The number of nitrogens with one attached hydrogen (secondary N) is 1. The van der Waals surface area contributed by atoms with E-state index in [4.69, 9.17) is 10.8 Å². The van der Waals surface area contributed by atoms with Crippen molar-refractivity contribution in [1.29, 1.82) is 0 Å². The van der Waals surface area contributed by atoms with E-state index >= 15 is 0 Å². The molecule has 0 aliphatic carbocycles. The zero-order valence-corrected chi connectivity index (χ0v) is 11.7. The minimum atomic E-state index is -0.849. The van der Waals surface area contributed by atoms with Crippen LogP contribution >= 0.6 is 0 Å². The second-order valence-electron chi connectivity index (χ2n) is 5.06. The molecule has 20 heavy (non-hydrogen) atoms. The third kappa shape index (κ3) is 6.33. The lowest BCUT2D eigenvalue weighted by Crippen LogP contribution is -2.29. The van der Waals surface area contributed by atoms with Crippen molar-refractivity contribution in [2.45, 2.75) is 32.2 Å². The van der Waals surface area contributed by atoms with E-state index in [-0.39, 0.29) is 24.3 Å². The Balaban J connectivity index is 2.25. The van der Waals surface area contributed by atoms with Gasteiger partial charge in [-0.25, -0.2) is 0 Å². The molecule has 1 rings (SSSR count). The maximum atomic E-state index is 11.7. The molecule has 5 heteroatoms. The Morgan fingerprint density at radius 3 is 2.55 bits per heavy atom. The molecule has 5 nitrogen and oxygen atoms in total. The summed E-state index contributed by atoms with van der Waals surface area (Å²) in [4.78, 5) is 22.2. The summed E-state index contributed by atoms with van der Waals surface area (Å²) in [7, 11) is 0. The number of amides is 1. The number of nitrogens with two attached hydrogens (primary N) is 1. The molecule has 0 aliphatic heterocycles. The first-order valence-electron chi connectivity index (χ1n) is 6.78. The quantitative estimate of drug-likeness (QED) is 0.674. The number of aliphatic carboxylic acids is 1. The molecular weight excluding hydrogens is 256 g/mol. The first-order chi connectivity index (χ1) is 9.49. The Kier molecular flexibility index (Phi) is 6.73. The van der Waals surface area contributed by atoms with E-state index in [9.17, 15) is 9.59 Å². The largest absolute Gasteiger partial charge is 0.481 e. The monoisotopic (exact) mass is 278 g/mol. The van der Waals surface area contributed by atoms with E-state index in [0.717, 1.165) is 5.56 Å². The summed E-state index contributed by atoms with van der Waals surface area (Å²) < 4.78 is 0. The van der Waals surface area contributed by atoms with Crippen LogP contribution in [0, 0.1) is 5.92 Å². The van der Waals surface area contributed by atoms with Gasteiger partial charge in [0, 0.05) is 25.4 Å². The lowest BCUT2D eigenvalue weighted by atomic mass is 10.0. The van der Waals surface area contributed by atoms with Crippen molar-refractivity contribution < 1.29 is 14.7 Å². The molecule has 2 unspecified atom stereocenters. The summed E-state index contributed by atoms with van der Waals surface area (Å²) in [6.45, 7) is 2.18. The maximum absolute atomic E-state index is 11.7. The average Bonchev–Trinajstić information content (AvgIpc) is 2.42. The fraction of sp³-hybridized carbons (Fsp3) is 0.467. The topological polar surface area (TPSA) is 92.4 Å². The lowest BCUT2D eigenvalue weighted by molar-refractivity contribution is -0.138. The molecule has 1 aromatic carbocycles. The van der Waals surface area contributed by atoms with E-state index in [1.54, 1.807) is 6.92 Å². The molecule has 0 radical (unpaired) electrons. The molecular formula is C15H22N2O3. The third-order valence-corrected chi connectivity index (χ3v) is 3.08. The molecule has 110 valence electrons. The van der Waals surface area contributed by atoms with Gasteiger partial charge in [0.05, 0.1) is 0 Å². The van der Waals surface area contributed by atoms with Gasteiger partial charge in [0.1, 0.15) is 0 Å². The minimum absolute atomic E-state index is 0.0593. The van der Waals surface area contributed by atoms with E-state index in [1.807, 2.05) is 30.3 Å². The summed E-state index contributed by atoms with van der Waals surface area (Å²) in [5, 5.41) is 11.4. The van der Waals surface area contributed by atoms with Crippen molar-refractivity contribution in [3.05, 3.63) is 35.9 Å². The van der Waals surface area contributed by atoms with Gasteiger partial charge in [-0.2, -0.15) is 0 Å². The minimum Gasteiger partial charge on any atom is -0.481 e. The summed E-state index contributed by atoms with van der Waals surface area (Å²) in [5.41, 5.74) is 7.02. The second-order valence-corrected chi connectivity index (χ2v) is 5.06. The van der Waals surface area contributed by atoms with Gasteiger partial charge >= 0.3 is 5.97 Å². The number of carbonyl (C=O) groups is 2. The van der Waals surface area contributed by atoms with Gasteiger partial charge in [-0.3, -0.25) is 9.59 Å². The van der Waals surface area contributed by atoms with Crippen LogP contribution in [0.4, 0.5) is 0 Å². The molecule has 0 bridgehead atoms. The van der Waals surface area contributed by atoms with Crippen molar-refractivity contribution in [2.24, 2.45) is 11.7 Å². The molecule has 0 aromatic heterocycles. The van der Waals surface area contributed by atoms with Gasteiger partial charge in [-0.15, -0.1) is 0 Å². The Labute approximate surface area is 119 Å². The zero-order valence-electron chi connectivity index (χ0n) is 11.7. The fourth-order valence-corrected chi connectivity index (χ4v) is 1.90. The first kappa shape index (κ1) is 16.2. The molecule has 0 saturated carbocycles. The summed E-state index contributed by atoms with van der Waals surface area (Å²) in [5.74, 6) is -1.01. The van der Waals surface area contributed by atoms with Gasteiger partial charge in [0.2, 0.25) is 5.91 Å². The number of benzene rings is 1. The highest BCUT2D eigenvalue weighted by Gasteiger charge is 2.11. The van der Waals surface area contributed by atoms with Crippen molar-refractivity contribution in [3.63, 3.8) is 0 Å². The van der Waals surface area contributed by atoms with Crippen molar-refractivity contribution in [3.8, 4) is 0 Å². The van der Waals surface area contributed by atoms with E-state index in [2.05, 4.69) is 5.32 Å². The first-order valence-corrected chi connectivity index (χ1v) is 6.78. The highest BCUT2D eigenvalue weighted by Crippen LogP contribution is 2.14. The van der Waals surface area contributed by atoms with Gasteiger partial charge < -0.3 is 16.2 Å². The second kappa shape index (κ2) is 8.32. The Morgan fingerprint density at radius 2 is 1.95 bits per heavy atom. The van der Waals surface area contributed by atoms with Gasteiger partial charge in [-0.05, 0) is 17.9 Å². The molecule has 2 atom stereocenters. The van der Waals surface area contributed by atoms with E-state index in [1.165, 1.54) is 0 Å². The number of hydrogen-bond acceptors (Lipinski definition) is 3. The zero-order chi connectivity index (χ0) is 15.0.